The van der Waals surface area contributed by atoms with Gasteiger partial charge in [0.05, 0.1) is 6.04 Å². The van der Waals surface area contributed by atoms with Crippen LogP contribution in [0.2, 0.25) is 0 Å². The first-order chi connectivity index (χ1) is 13.4. The lowest BCUT2D eigenvalue weighted by Gasteiger charge is -2.21. The second kappa shape index (κ2) is 9.16. The topological polar surface area (TPSA) is 29.1 Å². The van der Waals surface area contributed by atoms with Gasteiger partial charge in [-0.3, -0.25) is 4.79 Å². The number of halogens is 2. The van der Waals surface area contributed by atoms with Crippen LogP contribution >= 0.6 is 15.9 Å². The Kier molecular flexibility index (Phi) is 6.63. The van der Waals surface area contributed by atoms with E-state index in [1.165, 1.54) is 29.8 Å². The smallest absolute Gasteiger partial charge is 0.165 e. The Morgan fingerprint density at radius 3 is 2.04 bits per heavy atom. The largest absolute Gasteiger partial charge is 0.378 e. The molecule has 3 aromatic carbocycles. The van der Waals surface area contributed by atoms with E-state index in [0.29, 0.717) is 11.5 Å². The Labute approximate surface area is 173 Å². The highest BCUT2D eigenvalue weighted by atomic mass is 79.9. The van der Waals surface area contributed by atoms with Crippen molar-refractivity contribution < 1.29 is 9.18 Å². The minimum atomic E-state index is -0.342. The lowest BCUT2D eigenvalue weighted by molar-refractivity contribution is 0.0976. The maximum atomic E-state index is 13.2. The van der Waals surface area contributed by atoms with E-state index < -0.39 is 0 Å². The van der Waals surface area contributed by atoms with E-state index in [-0.39, 0.29) is 24.1 Å². The predicted octanol–water partition coefficient (Wildman–Crippen LogP) is 7.14. The van der Waals surface area contributed by atoms with Crippen LogP contribution < -0.4 is 5.32 Å². The summed E-state index contributed by atoms with van der Waals surface area (Å²) >= 11 is 3.44. The van der Waals surface area contributed by atoms with Crippen molar-refractivity contribution in [3.8, 4) is 0 Å². The zero-order valence-electron chi connectivity index (χ0n) is 16.0. The molecule has 1 atom stereocenters. The second-order valence-electron chi connectivity index (χ2n) is 7.16. The molecule has 28 heavy (non-hydrogen) atoms. The highest BCUT2D eigenvalue weighted by Crippen LogP contribution is 2.27. The molecule has 0 unspecified atom stereocenters. The number of hydrogen-bond donors (Lipinski definition) is 1. The molecule has 0 aliphatic carbocycles. The van der Waals surface area contributed by atoms with Gasteiger partial charge < -0.3 is 5.32 Å². The van der Waals surface area contributed by atoms with Crippen LogP contribution in [0.5, 0.6) is 0 Å². The van der Waals surface area contributed by atoms with E-state index in [2.05, 4.69) is 59.4 Å². The van der Waals surface area contributed by atoms with Crippen LogP contribution in [-0.4, -0.2) is 5.78 Å². The van der Waals surface area contributed by atoms with Crippen LogP contribution in [0, 0.1) is 5.82 Å². The highest BCUT2D eigenvalue weighted by molar-refractivity contribution is 9.10. The van der Waals surface area contributed by atoms with E-state index in [4.69, 9.17) is 0 Å². The Hall–Kier alpha value is -2.46. The first kappa shape index (κ1) is 20.3. The normalized spacial score (nSPS) is 12.0. The van der Waals surface area contributed by atoms with Crippen LogP contribution in [0.3, 0.4) is 0 Å². The highest BCUT2D eigenvalue weighted by Gasteiger charge is 2.18. The van der Waals surface area contributed by atoms with Gasteiger partial charge in [-0.25, -0.2) is 4.39 Å². The molecule has 1 N–H and O–H groups in total. The van der Waals surface area contributed by atoms with Crippen molar-refractivity contribution in [2.45, 2.75) is 32.2 Å². The van der Waals surface area contributed by atoms with Gasteiger partial charge >= 0.3 is 0 Å². The maximum Gasteiger partial charge on any atom is 0.165 e. The van der Waals surface area contributed by atoms with Crippen LogP contribution in [0.15, 0.2) is 77.3 Å². The summed E-state index contributed by atoms with van der Waals surface area (Å²) in [6.45, 7) is 4.31. The van der Waals surface area contributed by atoms with Crippen LogP contribution in [0.25, 0.3) is 0 Å². The van der Waals surface area contributed by atoms with E-state index in [9.17, 15) is 9.18 Å². The minimum absolute atomic E-state index is 0.0254. The maximum absolute atomic E-state index is 13.2. The van der Waals surface area contributed by atoms with E-state index >= 15 is 0 Å². The fourth-order valence-electron chi connectivity index (χ4n) is 3.05. The van der Waals surface area contributed by atoms with Crippen molar-refractivity contribution in [1.82, 2.24) is 0 Å². The molecule has 0 saturated heterocycles. The Balaban J connectivity index is 1.85. The monoisotopic (exact) mass is 439 g/mol. The van der Waals surface area contributed by atoms with Gasteiger partial charge in [0.1, 0.15) is 5.82 Å². The molecule has 0 radical (unpaired) electrons. The fraction of sp³-hybridized carbons (Fsp3) is 0.208. The summed E-state index contributed by atoms with van der Waals surface area (Å²) in [5.74, 6) is 0.0840. The van der Waals surface area contributed by atoms with Gasteiger partial charge in [-0.15, -0.1) is 0 Å². The zero-order valence-corrected chi connectivity index (χ0v) is 17.5. The summed E-state index contributed by atoms with van der Waals surface area (Å²) in [4.78, 5) is 12.8. The zero-order chi connectivity index (χ0) is 20.1. The van der Waals surface area contributed by atoms with Crippen molar-refractivity contribution in [3.05, 3.63) is 99.8 Å². The minimum Gasteiger partial charge on any atom is -0.378 e. The molecule has 0 fully saturated rings. The van der Waals surface area contributed by atoms with E-state index in [0.717, 1.165) is 15.7 Å². The summed E-state index contributed by atoms with van der Waals surface area (Å²) in [5.41, 5.74) is 3.76. The van der Waals surface area contributed by atoms with Gasteiger partial charge in [-0.1, -0.05) is 54.0 Å². The number of hydrogen-bond acceptors (Lipinski definition) is 2. The summed E-state index contributed by atoms with van der Waals surface area (Å²) in [7, 11) is 0. The number of carbonyl (C=O) groups excluding carboxylic acids is 1. The summed E-state index contributed by atoms with van der Waals surface area (Å²) in [5, 5.41) is 3.47. The molecule has 0 saturated carbocycles. The van der Waals surface area contributed by atoms with Crippen molar-refractivity contribution >= 4 is 27.4 Å². The lowest BCUT2D eigenvalue weighted by Crippen LogP contribution is -2.16. The molecular formula is C24H23BrFNO. The van der Waals surface area contributed by atoms with Crippen LogP contribution in [-0.2, 0) is 0 Å². The van der Waals surface area contributed by atoms with Gasteiger partial charge in [0.15, 0.2) is 5.78 Å². The average Bonchev–Trinajstić information content (AvgIpc) is 2.69. The summed E-state index contributed by atoms with van der Waals surface area (Å²) < 4.78 is 14.2. The number of rotatable bonds is 7. The first-order valence-corrected chi connectivity index (χ1v) is 10.1. The van der Waals surface area contributed by atoms with Crippen LogP contribution in [0.4, 0.5) is 10.1 Å². The molecule has 0 aromatic heterocycles. The molecule has 0 heterocycles. The van der Waals surface area contributed by atoms with Crippen molar-refractivity contribution in [1.29, 1.82) is 0 Å². The molecule has 0 spiro atoms. The third-order valence-corrected chi connectivity index (χ3v) is 5.28. The van der Waals surface area contributed by atoms with Gasteiger partial charge in [-0.2, -0.15) is 0 Å². The molecule has 0 aliphatic rings. The van der Waals surface area contributed by atoms with Gasteiger partial charge in [-0.05, 0) is 65.6 Å². The third-order valence-electron chi connectivity index (χ3n) is 4.75. The van der Waals surface area contributed by atoms with E-state index in [1.807, 2.05) is 24.3 Å². The first-order valence-electron chi connectivity index (χ1n) is 9.33. The molecule has 3 aromatic rings. The number of carbonyl (C=O) groups is 1. The molecule has 2 nitrogen and oxygen atoms in total. The number of benzene rings is 3. The number of ketones is 1. The number of nitrogens with one attached hydrogen (secondary N) is 1. The average molecular weight is 440 g/mol. The van der Waals surface area contributed by atoms with Crippen molar-refractivity contribution in [3.63, 3.8) is 0 Å². The standard InChI is InChI=1S/C24H23BrFNO/c1-16(2)17-3-5-18(6-4-17)23(27-22-13-9-20(25)10-14-22)15-24(28)19-7-11-21(26)12-8-19/h3-14,16,23,27H,15H2,1-2H3/t23-/m1/s1. The molecule has 144 valence electrons. The molecule has 0 aliphatic heterocycles. The number of Topliss-reactive ketones (excluding diaryl/α,β-unsaturated/α-hetero) is 1. The summed E-state index contributed by atoms with van der Waals surface area (Å²) in [6.07, 6.45) is 0.280. The van der Waals surface area contributed by atoms with Crippen molar-refractivity contribution in [2.24, 2.45) is 0 Å². The lowest BCUT2D eigenvalue weighted by atomic mass is 9.95. The van der Waals surface area contributed by atoms with E-state index in [1.54, 1.807) is 0 Å². The third kappa shape index (κ3) is 5.29. The molecule has 3 rings (SSSR count). The predicted molar refractivity (Wildman–Crippen MR) is 116 cm³/mol. The molecular weight excluding hydrogens is 417 g/mol. The molecule has 0 amide bonds. The van der Waals surface area contributed by atoms with Gasteiger partial charge in [0.25, 0.3) is 0 Å². The SMILES string of the molecule is CC(C)c1ccc([C@@H](CC(=O)c2ccc(F)cc2)Nc2ccc(Br)cc2)cc1. The Morgan fingerprint density at radius 1 is 0.893 bits per heavy atom. The van der Waals surface area contributed by atoms with Crippen molar-refractivity contribution in [2.75, 3.05) is 5.32 Å². The Morgan fingerprint density at radius 2 is 1.46 bits per heavy atom. The van der Waals surface area contributed by atoms with Gasteiger partial charge in [0.2, 0.25) is 0 Å². The van der Waals surface area contributed by atoms with Crippen LogP contribution in [0.1, 0.15) is 53.7 Å². The second-order valence-corrected chi connectivity index (χ2v) is 8.08. The molecule has 4 heteroatoms. The quantitative estimate of drug-likeness (QED) is 0.396. The fourth-order valence-corrected chi connectivity index (χ4v) is 3.32. The molecule has 0 bridgehead atoms. The summed E-state index contributed by atoms with van der Waals surface area (Å²) in [6, 6.07) is 21.8. The Bertz CT molecular complexity index is 918. The number of anilines is 1. The van der Waals surface area contributed by atoms with Gasteiger partial charge in [0, 0.05) is 22.1 Å².